The van der Waals surface area contributed by atoms with Crippen LogP contribution < -0.4 is 0 Å². The molecule has 6 heteroatoms. The van der Waals surface area contributed by atoms with Crippen LogP contribution in [0.3, 0.4) is 0 Å². The van der Waals surface area contributed by atoms with Gasteiger partial charge in [0.15, 0.2) is 5.78 Å². The second-order valence-electron chi connectivity index (χ2n) is 4.43. The average molecular weight is 287 g/mol. The highest BCUT2D eigenvalue weighted by Gasteiger charge is 2.24. The number of hydrogen-bond donors (Lipinski definition) is 0. The van der Waals surface area contributed by atoms with Gasteiger partial charge in [0, 0.05) is 5.92 Å². The fraction of sp³-hybridized carbons (Fsp3) is 0.769. The van der Waals surface area contributed by atoms with Crippen LogP contribution in [0.1, 0.15) is 46.0 Å². The van der Waals surface area contributed by atoms with Crippen molar-refractivity contribution in [1.82, 2.24) is 0 Å². The minimum absolute atomic E-state index is 0.0180. The smallest absolute Gasteiger partial charge is 0.314 e. The van der Waals surface area contributed by atoms with E-state index in [0.29, 0.717) is 0 Å². The lowest BCUT2D eigenvalue weighted by atomic mass is 9.87. The Morgan fingerprint density at radius 2 is 1.84 bits per heavy atom. The highest BCUT2D eigenvalue weighted by molar-refractivity contribution is 7.56. The van der Waals surface area contributed by atoms with Gasteiger partial charge in [-0.2, -0.15) is 0 Å². The Morgan fingerprint density at radius 3 is 2.37 bits per heavy atom. The molecule has 0 aromatic carbocycles. The monoisotopic (exact) mass is 287 g/mol. The maximum Gasteiger partial charge on any atom is 0.356 e. The van der Waals surface area contributed by atoms with Crippen LogP contribution in [0.5, 0.6) is 0 Å². The maximum absolute atomic E-state index is 12.0. The first-order valence-corrected chi connectivity index (χ1v) is 8.45. The van der Waals surface area contributed by atoms with Gasteiger partial charge in [-0.1, -0.05) is 19.3 Å². The predicted molar refractivity (Wildman–Crippen MR) is 74.0 cm³/mol. The molecule has 0 amide bonds. The minimum atomic E-state index is -3.32. The molecule has 1 saturated carbocycles. The molecule has 0 aromatic heterocycles. The van der Waals surface area contributed by atoms with Crippen molar-refractivity contribution in [2.24, 2.45) is 5.92 Å². The summed E-state index contributed by atoms with van der Waals surface area (Å²) in [6.45, 7) is 3.97. The van der Waals surface area contributed by atoms with Crippen LogP contribution in [0.25, 0.3) is 4.85 Å². The summed E-state index contributed by atoms with van der Waals surface area (Å²) in [4.78, 5) is 15.5. The molecule has 0 atom stereocenters. The quantitative estimate of drug-likeness (QED) is 0.423. The number of ketones is 1. The fourth-order valence-corrected chi connectivity index (χ4v) is 3.21. The van der Waals surface area contributed by atoms with Gasteiger partial charge >= 0.3 is 7.60 Å². The summed E-state index contributed by atoms with van der Waals surface area (Å²) in [7, 11) is -3.32. The van der Waals surface area contributed by atoms with E-state index in [1.165, 1.54) is 6.42 Å². The summed E-state index contributed by atoms with van der Waals surface area (Å²) < 4.78 is 22.1. The lowest BCUT2D eigenvalue weighted by Gasteiger charge is -2.17. The van der Waals surface area contributed by atoms with Gasteiger partial charge in [0.25, 0.3) is 0 Å². The number of nitrogens with zero attached hydrogens (tertiary/aromatic N) is 1. The summed E-state index contributed by atoms with van der Waals surface area (Å²) in [6, 6.07) is 2.42. The van der Waals surface area contributed by atoms with Gasteiger partial charge < -0.3 is 13.8 Å². The van der Waals surface area contributed by atoms with Crippen molar-refractivity contribution in [3.63, 3.8) is 0 Å². The Morgan fingerprint density at radius 1 is 1.26 bits per heavy atom. The topological polar surface area (TPSA) is 57.0 Å². The second-order valence-corrected chi connectivity index (χ2v) is 6.26. The molecule has 19 heavy (non-hydrogen) atoms. The van der Waals surface area contributed by atoms with Crippen molar-refractivity contribution >= 4 is 13.4 Å². The third-order valence-corrected chi connectivity index (χ3v) is 4.60. The van der Waals surface area contributed by atoms with Crippen LogP contribution in [0.2, 0.25) is 0 Å². The van der Waals surface area contributed by atoms with Crippen LogP contribution in [0.15, 0.2) is 0 Å². The Bertz CT molecular complexity index is 383. The van der Waals surface area contributed by atoms with Gasteiger partial charge in [0.05, 0.1) is 13.2 Å². The number of rotatable bonds is 6. The average Bonchev–Trinajstić information content (AvgIpc) is 2.40. The van der Waals surface area contributed by atoms with E-state index < -0.39 is 7.60 Å². The molecule has 1 aliphatic rings. The normalized spacial score (nSPS) is 16.5. The lowest BCUT2D eigenvalue weighted by molar-refractivity contribution is -0.118. The third kappa shape index (κ3) is 5.78. The zero-order chi connectivity index (χ0) is 14.1. The van der Waals surface area contributed by atoms with Crippen molar-refractivity contribution in [2.75, 3.05) is 13.2 Å². The first kappa shape index (κ1) is 16.2. The molecule has 0 bridgehead atoms. The summed E-state index contributed by atoms with van der Waals surface area (Å²) >= 11 is 0. The molecule has 0 aromatic rings. The Hall–Kier alpha value is -0.820. The van der Waals surface area contributed by atoms with Crippen LogP contribution in [-0.4, -0.2) is 19.0 Å². The van der Waals surface area contributed by atoms with E-state index >= 15 is 0 Å². The molecule has 0 radical (unpaired) electrons. The lowest BCUT2D eigenvalue weighted by Crippen LogP contribution is -2.15. The first-order valence-electron chi connectivity index (χ1n) is 6.84. The van der Waals surface area contributed by atoms with Crippen LogP contribution in [0.4, 0.5) is 0 Å². The van der Waals surface area contributed by atoms with E-state index in [0.717, 1.165) is 32.0 Å². The van der Waals surface area contributed by atoms with Crippen molar-refractivity contribution in [1.29, 1.82) is 0 Å². The van der Waals surface area contributed by atoms with Crippen LogP contribution >= 0.6 is 7.60 Å². The van der Waals surface area contributed by atoms with E-state index in [4.69, 9.17) is 9.05 Å². The zero-order valence-corrected chi connectivity index (χ0v) is 12.5. The largest absolute Gasteiger partial charge is 0.356 e. The number of carbonyl (C=O) groups excluding carboxylic acids is 1. The van der Waals surface area contributed by atoms with Crippen molar-refractivity contribution < 1.29 is 18.4 Å². The molecular weight excluding hydrogens is 265 g/mol. The van der Waals surface area contributed by atoms with Crippen molar-refractivity contribution in [3.05, 3.63) is 11.1 Å². The first-order chi connectivity index (χ1) is 9.11. The highest BCUT2D eigenvalue weighted by Crippen LogP contribution is 2.51. The molecule has 0 spiro atoms. The van der Waals surface area contributed by atoms with Gasteiger partial charge in [-0.3, -0.25) is 4.57 Å². The van der Waals surface area contributed by atoms with Crippen LogP contribution in [-0.2, 0) is 18.4 Å². The van der Waals surface area contributed by atoms with Crippen molar-refractivity contribution in [3.8, 4) is 6.07 Å². The van der Waals surface area contributed by atoms with E-state index in [-0.39, 0.29) is 24.9 Å². The van der Waals surface area contributed by atoms with Gasteiger partial charge in [-0.15, -0.1) is 0 Å². The van der Waals surface area contributed by atoms with Crippen molar-refractivity contribution in [2.45, 2.75) is 46.0 Å². The SMILES string of the molecule is CCOP(=O)([CH-][N+]#CC(=O)C1CCCCC1)OCC. The third-order valence-electron chi connectivity index (χ3n) is 2.97. The molecule has 0 aliphatic heterocycles. The number of carbonyl (C=O) groups is 1. The Labute approximate surface area is 115 Å². The molecule has 1 fully saturated rings. The van der Waals surface area contributed by atoms with Gasteiger partial charge in [-0.05, 0) is 26.7 Å². The second kappa shape index (κ2) is 8.37. The van der Waals surface area contributed by atoms with E-state index in [1.807, 2.05) is 0 Å². The standard InChI is InChI=1S/C13H22NO4P/c1-3-17-19(16,18-4-2)11-14-10-13(15)12-8-6-5-7-9-12/h11-12H,3-9H2,1-2H3. The summed E-state index contributed by atoms with van der Waals surface area (Å²) in [5.74, 6) is -0.0973. The Kier molecular flexibility index (Phi) is 7.15. The summed E-state index contributed by atoms with van der Waals surface area (Å²) in [5, 5.41) is 0. The molecule has 0 heterocycles. The number of hydrogen-bond acceptors (Lipinski definition) is 4. The van der Waals surface area contributed by atoms with Gasteiger partial charge in [0.1, 0.15) is 6.07 Å². The summed E-state index contributed by atoms with van der Waals surface area (Å²) in [6.07, 6.45) is 6.22. The molecule has 0 saturated heterocycles. The molecule has 1 rings (SSSR count). The van der Waals surface area contributed by atoms with Gasteiger partial charge in [0.2, 0.25) is 6.29 Å². The molecule has 5 nitrogen and oxygen atoms in total. The molecule has 0 unspecified atom stereocenters. The number of Topliss-reactive ketones (excluding diaryl/α,β-unsaturated/α-hetero) is 1. The van der Waals surface area contributed by atoms with Gasteiger partial charge in [-0.25, -0.2) is 4.85 Å². The predicted octanol–water partition coefficient (Wildman–Crippen LogP) is 3.85. The Balaban J connectivity index is 2.51. The molecule has 0 N–H and O–H groups in total. The van der Waals surface area contributed by atoms with E-state index in [9.17, 15) is 9.36 Å². The molecule has 108 valence electrons. The zero-order valence-electron chi connectivity index (χ0n) is 11.6. The maximum atomic E-state index is 12.0. The highest BCUT2D eigenvalue weighted by atomic mass is 31.2. The van der Waals surface area contributed by atoms with Crippen LogP contribution in [0, 0.1) is 18.3 Å². The van der Waals surface area contributed by atoms with E-state index in [1.54, 1.807) is 13.8 Å². The molecular formula is C13H22NO4P. The fourth-order valence-electron chi connectivity index (χ4n) is 2.08. The van der Waals surface area contributed by atoms with E-state index in [2.05, 4.69) is 10.9 Å². The minimum Gasteiger partial charge on any atom is -0.314 e. The molecule has 1 aliphatic carbocycles. The summed E-state index contributed by atoms with van der Waals surface area (Å²) in [5.41, 5.74) is 0.